The molecule has 0 atom stereocenters. The third kappa shape index (κ3) is 3.97. The summed E-state index contributed by atoms with van der Waals surface area (Å²) in [4.78, 5) is 3.12. The van der Waals surface area contributed by atoms with E-state index in [1.165, 1.54) is 17.8 Å². The van der Waals surface area contributed by atoms with Crippen molar-refractivity contribution >= 4 is 27.8 Å². The lowest BCUT2D eigenvalue weighted by Gasteiger charge is -2.50. The lowest BCUT2D eigenvalue weighted by Crippen LogP contribution is -2.71. The fourth-order valence-corrected chi connectivity index (χ4v) is 5.28. The van der Waals surface area contributed by atoms with Gasteiger partial charge in [-0.3, -0.25) is 0 Å². The highest BCUT2D eigenvalue weighted by atomic mass is 32.3. The van der Waals surface area contributed by atoms with Crippen LogP contribution in [0.4, 0.5) is 18.9 Å². The number of nitrogens with zero attached hydrogens (tertiary/aromatic N) is 1. The van der Waals surface area contributed by atoms with Gasteiger partial charge in [-0.25, -0.2) is 0 Å². The Morgan fingerprint density at radius 3 is 2.52 bits per heavy atom. The molecule has 0 amide bonds. The molecule has 0 radical (unpaired) electrons. The Labute approximate surface area is 170 Å². The first-order valence-electron chi connectivity index (χ1n) is 8.69. The molecule has 1 spiro atoms. The molecule has 2 aliphatic rings. The molecule has 2 aliphatic heterocycles. The fraction of sp³-hybridized carbons (Fsp3) is 0.333. The molecule has 2 aromatic rings. The molecule has 11 heteroatoms. The van der Waals surface area contributed by atoms with Gasteiger partial charge in [0.25, 0.3) is 0 Å². The average molecular weight is 446 g/mol. The van der Waals surface area contributed by atoms with Crippen molar-refractivity contribution in [3.05, 3.63) is 53.6 Å². The number of nitrogens with one attached hydrogen (secondary N) is 1. The maximum atomic E-state index is 12.9. The fourth-order valence-electron chi connectivity index (χ4n) is 3.31. The lowest BCUT2D eigenvalue weighted by molar-refractivity contribution is -0.189. The second kappa shape index (κ2) is 7.17. The minimum absolute atomic E-state index is 0.157. The van der Waals surface area contributed by atoms with Crippen LogP contribution in [0, 0.1) is 6.92 Å². The van der Waals surface area contributed by atoms with E-state index in [-0.39, 0.29) is 6.54 Å². The van der Waals surface area contributed by atoms with Gasteiger partial charge in [0.15, 0.2) is 0 Å². The van der Waals surface area contributed by atoms with E-state index in [1.54, 1.807) is 30.0 Å². The Bertz CT molecular complexity index is 1030. The van der Waals surface area contributed by atoms with Crippen molar-refractivity contribution in [1.82, 2.24) is 5.32 Å². The number of benzene rings is 2. The molecule has 1 N–H and O–H groups in total. The molecule has 6 nitrogen and oxygen atoms in total. The van der Waals surface area contributed by atoms with Gasteiger partial charge in [-0.1, -0.05) is 23.9 Å². The SMILES string of the molecule is Cc1cc(C(F)(F)F)ccc1Sc1ccccc1N1CCNCC12OS(=O)(=O)O2. The van der Waals surface area contributed by atoms with Gasteiger partial charge < -0.3 is 10.2 Å². The summed E-state index contributed by atoms with van der Waals surface area (Å²) in [5, 5.41) is 3.04. The Morgan fingerprint density at radius 2 is 1.86 bits per heavy atom. The first-order valence-corrected chi connectivity index (χ1v) is 10.8. The lowest BCUT2D eigenvalue weighted by atomic mass is 10.1. The summed E-state index contributed by atoms with van der Waals surface area (Å²) in [6, 6.07) is 10.8. The third-order valence-corrected chi connectivity index (χ3v) is 6.79. The largest absolute Gasteiger partial charge is 0.416 e. The van der Waals surface area contributed by atoms with Crippen LogP contribution in [0.5, 0.6) is 0 Å². The second-order valence-corrected chi connectivity index (χ2v) is 8.90. The molecule has 4 rings (SSSR count). The molecule has 0 aromatic heterocycles. The van der Waals surface area contributed by atoms with Gasteiger partial charge in [0.1, 0.15) is 0 Å². The zero-order valence-electron chi connectivity index (χ0n) is 15.2. The number of rotatable bonds is 3. The van der Waals surface area contributed by atoms with Crippen LogP contribution in [0.25, 0.3) is 0 Å². The van der Waals surface area contributed by atoms with Gasteiger partial charge in [-0.2, -0.15) is 30.0 Å². The van der Waals surface area contributed by atoms with E-state index in [0.29, 0.717) is 29.2 Å². The van der Waals surface area contributed by atoms with Crippen LogP contribution in [-0.4, -0.2) is 34.0 Å². The molecule has 2 heterocycles. The topological polar surface area (TPSA) is 67.9 Å². The van der Waals surface area contributed by atoms with E-state index in [0.717, 1.165) is 17.0 Å². The van der Waals surface area contributed by atoms with Crippen molar-refractivity contribution in [3.63, 3.8) is 0 Å². The summed E-state index contributed by atoms with van der Waals surface area (Å²) < 4.78 is 71.9. The Kier molecular flexibility index (Phi) is 5.06. The number of alkyl halides is 3. The molecule has 2 aromatic carbocycles. The van der Waals surface area contributed by atoms with Crippen LogP contribution in [-0.2, 0) is 24.9 Å². The zero-order valence-corrected chi connectivity index (χ0v) is 16.8. The van der Waals surface area contributed by atoms with Gasteiger partial charge in [-0.05, 0) is 42.8 Å². The van der Waals surface area contributed by atoms with Gasteiger partial charge >= 0.3 is 22.5 Å². The maximum Gasteiger partial charge on any atom is 0.416 e. The smallest absolute Gasteiger partial charge is 0.315 e. The highest BCUT2D eigenvalue weighted by Gasteiger charge is 2.58. The second-order valence-electron chi connectivity index (χ2n) is 6.66. The summed E-state index contributed by atoms with van der Waals surface area (Å²) in [7, 11) is -4.02. The van der Waals surface area contributed by atoms with E-state index < -0.39 is 28.0 Å². The summed E-state index contributed by atoms with van der Waals surface area (Å²) >= 11 is 1.30. The number of para-hydroxylation sites is 1. The van der Waals surface area contributed by atoms with Crippen molar-refractivity contribution in [1.29, 1.82) is 0 Å². The predicted molar refractivity (Wildman–Crippen MR) is 101 cm³/mol. The van der Waals surface area contributed by atoms with Gasteiger partial charge in [-0.15, -0.1) is 0 Å². The van der Waals surface area contributed by atoms with Crippen molar-refractivity contribution in [2.45, 2.75) is 28.8 Å². The van der Waals surface area contributed by atoms with Crippen LogP contribution in [0.3, 0.4) is 0 Å². The molecule has 2 saturated heterocycles. The summed E-state index contributed by atoms with van der Waals surface area (Å²) in [6.07, 6.45) is -4.40. The summed E-state index contributed by atoms with van der Waals surface area (Å²) in [5.74, 6) is -1.46. The third-order valence-electron chi connectivity index (χ3n) is 4.61. The van der Waals surface area contributed by atoms with Crippen molar-refractivity contribution < 1.29 is 30.0 Å². The van der Waals surface area contributed by atoms with E-state index >= 15 is 0 Å². The van der Waals surface area contributed by atoms with E-state index in [4.69, 9.17) is 8.37 Å². The Balaban J connectivity index is 1.66. The van der Waals surface area contributed by atoms with E-state index in [1.807, 2.05) is 6.07 Å². The molecule has 29 heavy (non-hydrogen) atoms. The van der Waals surface area contributed by atoms with Crippen LogP contribution >= 0.6 is 11.8 Å². The predicted octanol–water partition coefficient (Wildman–Crippen LogP) is 3.52. The van der Waals surface area contributed by atoms with Crippen LogP contribution in [0.1, 0.15) is 11.1 Å². The number of aryl methyl sites for hydroxylation is 1. The van der Waals surface area contributed by atoms with Crippen LogP contribution in [0.2, 0.25) is 0 Å². The summed E-state index contributed by atoms with van der Waals surface area (Å²) in [6.45, 7) is 2.80. The maximum absolute atomic E-state index is 12.9. The van der Waals surface area contributed by atoms with Crippen molar-refractivity contribution in [2.24, 2.45) is 0 Å². The average Bonchev–Trinajstić information content (AvgIpc) is 2.62. The molecule has 156 valence electrons. The number of halogens is 3. The highest BCUT2D eigenvalue weighted by Crippen LogP contribution is 2.44. The summed E-state index contributed by atoms with van der Waals surface area (Å²) in [5.41, 5.74) is 0.469. The Morgan fingerprint density at radius 1 is 1.14 bits per heavy atom. The number of piperazine rings is 1. The first-order chi connectivity index (χ1) is 13.6. The minimum Gasteiger partial charge on any atom is -0.315 e. The van der Waals surface area contributed by atoms with E-state index in [2.05, 4.69) is 5.32 Å². The van der Waals surface area contributed by atoms with Crippen LogP contribution in [0.15, 0.2) is 52.3 Å². The molecule has 0 saturated carbocycles. The quantitative estimate of drug-likeness (QED) is 0.774. The Hall–Kier alpha value is -1.79. The molecule has 0 bridgehead atoms. The molecular weight excluding hydrogens is 429 g/mol. The van der Waals surface area contributed by atoms with Crippen LogP contribution < -0.4 is 10.2 Å². The zero-order chi connectivity index (χ0) is 20.9. The molecule has 2 fully saturated rings. The monoisotopic (exact) mass is 446 g/mol. The van der Waals surface area contributed by atoms with Gasteiger partial charge in [0, 0.05) is 22.9 Å². The minimum atomic E-state index is -4.40. The highest BCUT2D eigenvalue weighted by molar-refractivity contribution is 7.99. The number of hydrogen-bond acceptors (Lipinski definition) is 7. The number of hydrogen-bond donors (Lipinski definition) is 1. The van der Waals surface area contributed by atoms with Gasteiger partial charge in [0.2, 0.25) is 0 Å². The van der Waals surface area contributed by atoms with Gasteiger partial charge in [0.05, 0.1) is 17.8 Å². The number of anilines is 1. The molecule has 0 aliphatic carbocycles. The molecular formula is C18H17F3N2O4S2. The van der Waals surface area contributed by atoms with E-state index in [9.17, 15) is 21.6 Å². The van der Waals surface area contributed by atoms with Crippen molar-refractivity contribution in [2.75, 3.05) is 24.5 Å². The standard InChI is InChI=1S/C18H17F3N2O4S2/c1-12-10-13(18(19,20)21)6-7-15(12)28-16-5-3-2-4-14(16)23-9-8-22-11-17(23)26-29(24,25)27-17/h2-7,10,22H,8-9,11H2,1H3. The molecule has 0 unspecified atom stereocenters. The van der Waals surface area contributed by atoms with Crippen molar-refractivity contribution in [3.8, 4) is 0 Å². The first kappa shape index (κ1) is 20.5. The normalized spacial score (nSPS) is 20.5.